The maximum Gasteiger partial charge on any atom is 0.0885 e. The van der Waals surface area contributed by atoms with Crippen LogP contribution in [0, 0.1) is 0 Å². The number of aliphatic hydroxyl groups excluding tert-OH is 2. The fourth-order valence-electron chi connectivity index (χ4n) is 0.964. The van der Waals surface area contributed by atoms with E-state index in [1.54, 1.807) is 20.8 Å². The summed E-state index contributed by atoms with van der Waals surface area (Å²) in [6.07, 6.45) is -1.32. The third-order valence-electron chi connectivity index (χ3n) is 1.76. The Hall–Kier alpha value is -0.650. The summed E-state index contributed by atoms with van der Waals surface area (Å²) in [5.74, 6) is 0. The topological polar surface area (TPSA) is 82.3 Å². The molecular formula is C9H19NO4. The van der Waals surface area contributed by atoms with Crippen molar-refractivity contribution in [3.63, 3.8) is 0 Å². The molecule has 0 aliphatic rings. The Labute approximate surface area is 84.0 Å². The Morgan fingerprint density at radius 2 is 1.93 bits per heavy atom. The molecule has 0 bridgehead atoms. The first-order chi connectivity index (χ1) is 6.47. The van der Waals surface area contributed by atoms with Gasteiger partial charge in [-0.2, -0.15) is 0 Å². The Morgan fingerprint density at radius 1 is 1.36 bits per heavy atom. The van der Waals surface area contributed by atoms with Gasteiger partial charge < -0.3 is 20.2 Å². The number of ether oxygens (including phenoxy) is 1. The lowest BCUT2D eigenvalue weighted by molar-refractivity contribution is -0.0533. The molecule has 0 aromatic carbocycles. The van der Waals surface area contributed by atoms with Crippen molar-refractivity contribution in [3.05, 3.63) is 0 Å². The van der Waals surface area contributed by atoms with Gasteiger partial charge >= 0.3 is 0 Å². The van der Waals surface area contributed by atoms with E-state index in [0.717, 1.165) is 0 Å². The van der Waals surface area contributed by atoms with Gasteiger partial charge in [0.2, 0.25) is 0 Å². The van der Waals surface area contributed by atoms with Gasteiger partial charge in [-0.1, -0.05) is 5.16 Å². The molecule has 0 saturated carbocycles. The van der Waals surface area contributed by atoms with E-state index < -0.39 is 18.3 Å². The van der Waals surface area contributed by atoms with Gasteiger partial charge in [-0.15, -0.1) is 0 Å². The molecule has 84 valence electrons. The zero-order chi connectivity index (χ0) is 11.1. The predicted molar refractivity (Wildman–Crippen MR) is 52.6 cm³/mol. The highest BCUT2D eigenvalue weighted by molar-refractivity contribution is 5.81. The van der Waals surface area contributed by atoms with Crippen LogP contribution in [0.15, 0.2) is 5.16 Å². The number of hydrogen-bond donors (Lipinski definition) is 3. The first kappa shape index (κ1) is 13.4. The van der Waals surface area contributed by atoms with Crippen LogP contribution >= 0.6 is 0 Å². The Balaban J connectivity index is 4.03. The lowest BCUT2D eigenvalue weighted by Gasteiger charge is -2.20. The standard InChI is InChI=1S/C9H19NO4/c1-6(10-13)4-9(8(3)12)14-5-7(2)11/h7-9,11-13H,4-5H2,1-3H3/b10-6-. The molecule has 0 radical (unpaired) electrons. The summed E-state index contributed by atoms with van der Waals surface area (Å²) < 4.78 is 5.25. The van der Waals surface area contributed by atoms with Gasteiger partial charge in [0.15, 0.2) is 0 Å². The molecule has 0 spiro atoms. The number of rotatable bonds is 6. The summed E-state index contributed by atoms with van der Waals surface area (Å²) in [6, 6.07) is 0. The van der Waals surface area contributed by atoms with Crippen LogP contribution < -0.4 is 0 Å². The monoisotopic (exact) mass is 205 g/mol. The van der Waals surface area contributed by atoms with Crippen LogP contribution in [0.4, 0.5) is 0 Å². The molecule has 3 unspecified atom stereocenters. The smallest absolute Gasteiger partial charge is 0.0885 e. The van der Waals surface area contributed by atoms with E-state index in [-0.39, 0.29) is 6.61 Å². The van der Waals surface area contributed by atoms with Crippen LogP contribution in [0.25, 0.3) is 0 Å². The molecule has 0 fully saturated rings. The molecule has 5 nitrogen and oxygen atoms in total. The van der Waals surface area contributed by atoms with E-state index >= 15 is 0 Å². The summed E-state index contributed by atoms with van der Waals surface area (Å²) in [7, 11) is 0. The zero-order valence-electron chi connectivity index (χ0n) is 8.84. The summed E-state index contributed by atoms with van der Waals surface area (Å²) >= 11 is 0. The van der Waals surface area contributed by atoms with Gasteiger partial charge in [-0.3, -0.25) is 0 Å². The van der Waals surface area contributed by atoms with Crippen molar-refractivity contribution in [2.75, 3.05) is 6.61 Å². The molecule has 0 aromatic heterocycles. The van der Waals surface area contributed by atoms with Crippen LogP contribution in [-0.2, 0) is 4.74 Å². The summed E-state index contributed by atoms with van der Waals surface area (Å²) in [6.45, 7) is 5.00. The maximum atomic E-state index is 9.33. The van der Waals surface area contributed by atoms with Crippen LogP contribution in [0.1, 0.15) is 27.2 Å². The van der Waals surface area contributed by atoms with Crippen molar-refractivity contribution in [3.8, 4) is 0 Å². The summed E-state index contributed by atoms with van der Waals surface area (Å²) in [5.41, 5.74) is 0.487. The van der Waals surface area contributed by atoms with Gasteiger partial charge in [-0.05, 0) is 20.8 Å². The van der Waals surface area contributed by atoms with Crippen molar-refractivity contribution < 1.29 is 20.2 Å². The van der Waals surface area contributed by atoms with E-state index in [1.807, 2.05) is 0 Å². The van der Waals surface area contributed by atoms with E-state index in [2.05, 4.69) is 5.16 Å². The third-order valence-corrected chi connectivity index (χ3v) is 1.76. The highest BCUT2D eigenvalue weighted by Crippen LogP contribution is 2.06. The minimum atomic E-state index is -0.662. The maximum absolute atomic E-state index is 9.33. The van der Waals surface area contributed by atoms with Gasteiger partial charge in [0.1, 0.15) is 0 Å². The normalized spacial score (nSPS) is 19.1. The molecule has 14 heavy (non-hydrogen) atoms. The van der Waals surface area contributed by atoms with Gasteiger partial charge in [-0.25, -0.2) is 0 Å². The Morgan fingerprint density at radius 3 is 2.29 bits per heavy atom. The minimum absolute atomic E-state index is 0.161. The van der Waals surface area contributed by atoms with E-state index in [0.29, 0.717) is 12.1 Å². The van der Waals surface area contributed by atoms with Crippen molar-refractivity contribution >= 4 is 5.71 Å². The molecule has 0 aromatic rings. The van der Waals surface area contributed by atoms with Crippen LogP contribution in [0.3, 0.4) is 0 Å². The van der Waals surface area contributed by atoms with E-state index in [1.165, 1.54) is 0 Å². The number of nitrogens with zero attached hydrogens (tertiary/aromatic N) is 1. The second-order valence-corrected chi connectivity index (χ2v) is 3.50. The SMILES string of the molecule is C/C(CC(OCC(C)O)C(C)O)=N/O. The fourth-order valence-corrected chi connectivity index (χ4v) is 0.964. The summed E-state index contributed by atoms with van der Waals surface area (Å²) in [4.78, 5) is 0. The molecule has 0 amide bonds. The molecule has 0 heterocycles. The minimum Gasteiger partial charge on any atom is -0.411 e. The van der Waals surface area contributed by atoms with Crippen LogP contribution in [0.2, 0.25) is 0 Å². The molecule has 5 heteroatoms. The largest absolute Gasteiger partial charge is 0.411 e. The lowest BCUT2D eigenvalue weighted by Crippen LogP contribution is -2.31. The Bertz CT molecular complexity index is 180. The average molecular weight is 205 g/mol. The molecule has 3 N–H and O–H groups in total. The third kappa shape index (κ3) is 5.90. The molecule has 3 atom stereocenters. The second kappa shape index (κ2) is 6.75. The van der Waals surface area contributed by atoms with Crippen molar-refractivity contribution in [1.29, 1.82) is 0 Å². The number of aliphatic hydroxyl groups is 2. The lowest BCUT2D eigenvalue weighted by atomic mass is 10.1. The van der Waals surface area contributed by atoms with Crippen molar-refractivity contribution in [2.24, 2.45) is 5.16 Å². The first-order valence-corrected chi connectivity index (χ1v) is 4.62. The number of oxime groups is 1. The highest BCUT2D eigenvalue weighted by atomic mass is 16.5. The molecule has 0 aliphatic carbocycles. The van der Waals surface area contributed by atoms with Gasteiger partial charge in [0.25, 0.3) is 0 Å². The highest BCUT2D eigenvalue weighted by Gasteiger charge is 2.17. The molecular weight excluding hydrogens is 186 g/mol. The summed E-state index contributed by atoms with van der Waals surface area (Å²) in [5, 5.41) is 29.8. The van der Waals surface area contributed by atoms with E-state index in [9.17, 15) is 5.11 Å². The van der Waals surface area contributed by atoms with Crippen molar-refractivity contribution in [2.45, 2.75) is 45.5 Å². The van der Waals surface area contributed by atoms with Gasteiger partial charge in [0, 0.05) is 6.42 Å². The van der Waals surface area contributed by atoms with Gasteiger partial charge in [0.05, 0.1) is 30.6 Å². The molecule has 0 aliphatic heterocycles. The fraction of sp³-hybridized carbons (Fsp3) is 0.889. The van der Waals surface area contributed by atoms with Crippen LogP contribution in [0.5, 0.6) is 0 Å². The first-order valence-electron chi connectivity index (χ1n) is 4.62. The zero-order valence-corrected chi connectivity index (χ0v) is 8.84. The van der Waals surface area contributed by atoms with E-state index in [4.69, 9.17) is 15.1 Å². The number of hydrogen-bond acceptors (Lipinski definition) is 5. The average Bonchev–Trinajstić information content (AvgIpc) is 2.10. The van der Waals surface area contributed by atoms with Crippen molar-refractivity contribution in [1.82, 2.24) is 0 Å². The second-order valence-electron chi connectivity index (χ2n) is 3.50. The van der Waals surface area contributed by atoms with Crippen LogP contribution in [-0.4, -0.2) is 46.1 Å². The molecule has 0 rings (SSSR count). The Kier molecular flexibility index (Phi) is 6.44. The quantitative estimate of drug-likeness (QED) is 0.332. The predicted octanol–water partition coefficient (Wildman–Crippen LogP) is 0.373. The molecule has 0 saturated heterocycles.